The van der Waals surface area contributed by atoms with Crippen molar-refractivity contribution in [2.24, 2.45) is 0 Å². The Labute approximate surface area is 213 Å². The zero-order chi connectivity index (χ0) is 25.1. The first-order valence-corrected chi connectivity index (χ1v) is 13.0. The lowest BCUT2D eigenvalue weighted by Gasteiger charge is -2.32. The van der Waals surface area contributed by atoms with Crippen LogP contribution in [0.3, 0.4) is 0 Å². The maximum Gasteiger partial charge on any atom is 0.498 e. The first kappa shape index (κ1) is 23.6. The summed E-state index contributed by atoms with van der Waals surface area (Å²) >= 11 is 0. The number of nitrogens with zero attached hydrogens (tertiary/aromatic N) is 1. The van der Waals surface area contributed by atoms with Crippen molar-refractivity contribution in [3.63, 3.8) is 0 Å². The summed E-state index contributed by atoms with van der Waals surface area (Å²) in [5.74, 6) is 0.762. The summed E-state index contributed by atoms with van der Waals surface area (Å²) in [5.41, 5.74) is 4.37. The molecule has 0 amide bonds. The monoisotopic (exact) mass is 483 g/mol. The molecule has 2 fully saturated rings. The predicted octanol–water partition coefficient (Wildman–Crippen LogP) is 6.30. The van der Waals surface area contributed by atoms with Crippen LogP contribution in [-0.4, -0.2) is 35.8 Å². The van der Waals surface area contributed by atoms with Crippen molar-refractivity contribution < 1.29 is 18.8 Å². The molecule has 3 aromatic carbocycles. The number of aromatic nitrogens is 1. The van der Waals surface area contributed by atoms with E-state index in [0.29, 0.717) is 6.61 Å². The average molecular weight is 483 g/mol. The van der Waals surface area contributed by atoms with Gasteiger partial charge in [0.1, 0.15) is 5.75 Å². The third-order valence-corrected chi connectivity index (χ3v) is 7.96. The van der Waals surface area contributed by atoms with Gasteiger partial charge in [-0.05, 0) is 71.2 Å². The quantitative estimate of drug-likeness (QED) is 0.320. The molecule has 0 aliphatic carbocycles. The summed E-state index contributed by atoms with van der Waals surface area (Å²) in [7, 11) is -0.541. The zero-order valence-corrected chi connectivity index (χ0v) is 21.8. The summed E-state index contributed by atoms with van der Waals surface area (Å²) in [6, 6.07) is 21.4. The van der Waals surface area contributed by atoms with Crippen molar-refractivity contribution in [1.29, 1.82) is 0 Å². The number of benzene rings is 3. The van der Waals surface area contributed by atoms with E-state index < -0.39 is 18.3 Å². The van der Waals surface area contributed by atoms with E-state index in [1.54, 1.807) is 0 Å². The van der Waals surface area contributed by atoms with E-state index in [0.717, 1.165) is 52.8 Å². The summed E-state index contributed by atoms with van der Waals surface area (Å²) in [6.07, 6.45) is 2.72. The molecule has 1 aromatic heterocycles. The largest absolute Gasteiger partial charge is 0.498 e. The first-order chi connectivity index (χ1) is 17.2. The minimum absolute atomic E-state index is 0.297. The molecule has 2 aliphatic heterocycles. The molecule has 2 saturated heterocycles. The lowest BCUT2D eigenvalue weighted by atomic mass is 9.77. The van der Waals surface area contributed by atoms with Crippen LogP contribution in [0, 0.1) is 6.92 Å². The van der Waals surface area contributed by atoms with Gasteiger partial charge in [0, 0.05) is 22.7 Å². The molecular weight excluding hydrogens is 449 g/mol. The van der Waals surface area contributed by atoms with E-state index in [-0.39, 0.29) is 6.29 Å². The molecule has 0 spiro atoms. The number of para-hydroxylation sites is 2. The van der Waals surface area contributed by atoms with E-state index in [9.17, 15) is 0 Å². The molecule has 4 aromatic rings. The molecular formula is C30H34BNO4. The van der Waals surface area contributed by atoms with Gasteiger partial charge in [-0.15, -0.1) is 0 Å². The Balaban J connectivity index is 1.60. The van der Waals surface area contributed by atoms with Gasteiger partial charge in [-0.25, -0.2) is 0 Å². The highest BCUT2D eigenvalue weighted by atomic mass is 16.7. The standard InChI is InChI=1S/C30H34BNO4/c1-20-18-23(31-35-29(2,3)30(4,5)36-31)28(34-27-16-10-11-17-33-27)26(19-20)32-24-14-8-6-12-21(24)22-13-7-9-15-25(22)32/h6-9,12-15,18-19,27H,10-11,16-17H2,1-5H3. The van der Waals surface area contributed by atoms with Crippen LogP contribution in [0.1, 0.15) is 52.5 Å². The average Bonchev–Trinajstić information content (AvgIpc) is 3.30. The highest BCUT2D eigenvalue weighted by Gasteiger charge is 2.53. The molecule has 0 bridgehead atoms. The number of rotatable bonds is 4. The van der Waals surface area contributed by atoms with Crippen molar-refractivity contribution in [2.75, 3.05) is 6.61 Å². The van der Waals surface area contributed by atoms with E-state index in [2.05, 4.69) is 99.8 Å². The molecule has 6 heteroatoms. The Morgan fingerprint density at radius 1 is 0.861 bits per heavy atom. The lowest BCUT2D eigenvalue weighted by Crippen LogP contribution is -2.41. The van der Waals surface area contributed by atoms with Crippen LogP contribution < -0.4 is 10.2 Å². The third-order valence-electron chi connectivity index (χ3n) is 7.96. The number of hydrogen-bond acceptors (Lipinski definition) is 4. The minimum atomic E-state index is -0.541. The molecule has 186 valence electrons. The second kappa shape index (κ2) is 8.65. The SMILES string of the molecule is Cc1cc(B2OC(C)(C)C(C)(C)O2)c(OC2CCCCO2)c(-n2c3ccccc3c3ccccc32)c1. The van der Waals surface area contributed by atoms with Gasteiger partial charge in [0.2, 0.25) is 0 Å². The van der Waals surface area contributed by atoms with Gasteiger partial charge >= 0.3 is 7.12 Å². The van der Waals surface area contributed by atoms with Gasteiger partial charge in [0.25, 0.3) is 0 Å². The fourth-order valence-corrected chi connectivity index (χ4v) is 5.34. The van der Waals surface area contributed by atoms with Crippen LogP contribution in [0.2, 0.25) is 0 Å². The van der Waals surface area contributed by atoms with E-state index in [1.165, 1.54) is 10.8 Å². The molecule has 36 heavy (non-hydrogen) atoms. The Morgan fingerprint density at radius 3 is 2.06 bits per heavy atom. The first-order valence-electron chi connectivity index (χ1n) is 13.0. The molecule has 5 nitrogen and oxygen atoms in total. The molecule has 6 rings (SSSR count). The second-order valence-electron chi connectivity index (χ2n) is 11.1. The minimum Gasteiger partial charge on any atom is -0.463 e. The van der Waals surface area contributed by atoms with Crippen molar-refractivity contribution in [1.82, 2.24) is 4.57 Å². The van der Waals surface area contributed by atoms with Gasteiger partial charge in [0.15, 0.2) is 6.29 Å². The molecule has 3 heterocycles. The number of hydrogen-bond donors (Lipinski definition) is 0. The number of aryl methyl sites for hydroxylation is 1. The van der Waals surface area contributed by atoms with Crippen LogP contribution in [0.4, 0.5) is 0 Å². The van der Waals surface area contributed by atoms with Gasteiger partial charge in [-0.3, -0.25) is 0 Å². The molecule has 1 atom stereocenters. The Hall–Kier alpha value is -2.80. The molecule has 0 radical (unpaired) electrons. The normalized spacial score (nSPS) is 21.4. The Morgan fingerprint density at radius 2 is 1.47 bits per heavy atom. The highest BCUT2D eigenvalue weighted by Crippen LogP contribution is 2.40. The van der Waals surface area contributed by atoms with Gasteiger partial charge in [-0.1, -0.05) is 42.5 Å². The van der Waals surface area contributed by atoms with Crippen LogP contribution in [0.25, 0.3) is 27.5 Å². The maximum atomic E-state index is 6.74. The fourth-order valence-electron chi connectivity index (χ4n) is 5.34. The van der Waals surface area contributed by atoms with E-state index >= 15 is 0 Å². The third kappa shape index (κ3) is 3.83. The molecule has 1 unspecified atom stereocenters. The van der Waals surface area contributed by atoms with Crippen molar-refractivity contribution in [3.05, 3.63) is 66.2 Å². The van der Waals surface area contributed by atoms with Gasteiger partial charge < -0.3 is 23.3 Å². The smallest absolute Gasteiger partial charge is 0.463 e. The predicted molar refractivity (Wildman–Crippen MR) is 145 cm³/mol. The number of fused-ring (bicyclic) bond motifs is 3. The van der Waals surface area contributed by atoms with Crippen molar-refractivity contribution in [3.8, 4) is 11.4 Å². The topological polar surface area (TPSA) is 41.9 Å². The van der Waals surface area contributed by atoms with Crippen LogP contribution in [-0.2, 0) is 14.0 Å². The molecule has 0 saturated carbocycles. The van der Waals surface area contributed by atoms with Gasteiger partial charge in [-0.2, -0.15) is 0 Å². The number of ether oxygens (including phenoxy) is 2. The lowest BCUT2D eigenvalue weighted by molar-refractivity contribution is -0.105. The Bertz CT molecular complexity index is 1360. The summed E-state index contributed by atoms with van der Waals surface area (Å²) in [6.45, 7) is 11.2. The van der Waals surface area contributed by atoms with Crippen molar-refractivity contribution in [2.45, 2.75) is 71.4 Å². The van der Waals surface area contributed by atoms with Gasteiger partial charge in [0.05, 0.1) is 34.5 Å². The van der Waals surface area contributed by atoms with Crippen molar-refractivity contribution >= 4 is 34.4 Å². The summed E-state index contributed by atoms with van der Waals surface area (Å²) < 4.78 is 28.2. The van der Waals surface area contributed by atoms with Crippen LogP contribution >= 0.6 is 0 Å². The van der Waals surface area contributed by atoms with E-state index in [1.807, 2.05) is 0 Å². The summed E-state index contributed by atoms with van der Waals surface area (Å²) in [4.78, 5) is 0. The summed E-state index contributed by atoms with van der Waals surface area (Å²) in [5, 5.41) is 2.43. The van der Waals surface area contributed by atoms with Crippen LogP contribution in [0.5, 0.6) is 5.75 Å². The highest BCUT2D eigenvalue weighted by molar-refractivity contribution is 6.63. The van der Waals surface area contributed by atoms with E-state index in [4.69, 9.17) is 18.8 Å². The fraction of sp³-hybridized carbons (Fsp3) is 0.400. The second-order valence-corrected chi connectivity index (χ2v) is 11.1. The van der Waals surface area contributed by atoms with Crippen LogP contribution in [0.15, 0.2) is 60.7 Å². The Kier molecular flexibility index (Phi) is 5.67. The maximum absolute atomic E-state index is 6.74. The molecule has 0 N–H and O–H groups in total. The molecule has 2 aliphatic rings. The zero-order valence-electron chi connectivity index (χ0n) is 21.8.